The lowest BCUT2D eigenvalue weighted by atomic mass is 10.2. The van der Waals surface area contributed by atoms with Gasteiger partial charge >= 0.3 is 6.09 Å². The Kier molecular flexibility index (Phi) is 5.26. The normalized spacial score (nSPS) is 20.9. The SMILES string of the molecule is CO[n+]1c(C)cc(O[C@@H]2C[C@H](C)N(C(=O)OC(C)(C)C)C2)cc1C. The van der Waals surface area contributed by atoms with Crippen LogP contribution in [0.1, 0.15) is 45.5 Å². The molecule has 1 saturated heterocycles. The average Bonchev–Trinajstić information content (AvgIpc) is 2.77. The van der Waals surface area contributed by atoms with Crippen molar-refractivity contribution in [1.82, 2.24) is 4.90 Å². The summed E-state index contributed by atoms with van der Waals surface area (Å²) < 4.78 is 13.3. The van der Waals surface area contributed by atoms with Crippen molar-refractivity contribution in [3.05, 3.63) is 23.5 Å². The lowest BCUT2D eigenvalue weighted by Gasteiger charge is -2.26. The lowest BCUT2D eigenvalue weighted by molar-refractivity contribution is -0.893. The van der Waals surface area contributed by atoms with E-state index in [0.29, 0.717) is 6.54 Å². The molecule has 0 aromatic carbocycles. The lowest BCUT2D eigenvalue weighted by Crippen LogP contribution is -2.46. The Morgan fingerprint density at radius 2 is 1.83 bits per heavy atom. The number of hydrogen-bond donors (Lipinski definition) is 0. The third kappa shape index (κ3) is 4.30. The van der Waals surface area contributed by atoms with Crippen LogP contribution in [0.4, 0.5) is 4.79 Å². The van der Waals surface area contributed by atoms with Crippen molar-refractivity contribution in [3.63, 3.8) is 0 Å². The number of likely N-dealkylation sites (tertiary alicyclic amines) is 1. The number of carbonyl (C=O) groups excluding carboxylic acids is 1. The Morgan fingerprint density at radius 3 is 2.33 bits per heavy atom. The second kappa shape index (κ2) is 6.87. The predicted octanol–water partition coefficient (Wildman–Crippen LogP) is 2.43. The Labute approximate surface area is 144 Å². The van der Waals surface area contributed by atoms with Gasteiger partial charge in [-0.2, -0.15) is 0 Å². The minimum absolute atomic E-state index is 0.0373. The summed E-state index contributed by atoms with van der Waals surface area (Å²) >= 11 is 0. The third-order valence-electron chi connectivity index (χ3n) is 3.99. The molecule has 134 valence electrons. The van der Waals surface area contributed by atoms with E-state index in [1.54, 1.807) is 16.7 Å². The molecule has 1 aliphatic heterocycles. The quantitative estimate of drug-likeness (QED) is 0.795. The van der Waals surface area contributed by atoms with Gasteiger partial charge < -0.3 is 14.4 Å². The van der Waals surface area contributed by atoms with Gasteiger partial charge in [-0.25, -0.2) is 4.79 Å². The molecule has 0 saturated carbocycles. The summed E-state index contributed by atoms with van der Waals surface area (Å²) in [6.07, 6.45) is 0.472. The van der Waals surface area contributed by atoms with Crippen molar-refractivity contribution in [2.45, 2.75) is 65.7 Å². The Hall–Kier alpha value is -1.98. The molecular weight excluding hydrogens is 308 g/mol. The topological polar surface area (TPSA) is 51.9 Å². The van der Waals surface area contributed by atoms with E-state index in [-0.39, 0.29) is 18.2 Å². The molecule has 6 nitrogen and oxygen atoms in total. The molecule has 0 radical (unpaired) electrons. The highest BCUT2D eigenvalue weighted by Crippen LogP contribution is 2.25. The van der Waals surface area contributed by atoms with Gasteiger partial charge in [-0.15, -0.1) is 0 Å². The van der Waals surface area contributed by atoms with E-state index in [4.69, 9.17) is 14.3 Å². The first-order chi connectivity index (χ1) is 11.1. The zero-order valence-corrected chi connectivity index (χ0v) is 15.8. The molecule has 0 N–H and O–H groups in total. The van der Waals surface area contributed by atoms with Crippen molar-refractivity contribution >= 4 is 6.09 Å². The van der Waals surface area contributed by atoms with E-state index in [9.17, 15) is 4.79 Å². The molecule has 1 fully saturated rings. The molecule has 2 heterocycles. The molecule has 24 heavy (non-hydrogen) atoms. The molecular formula is C18H29N2O4+. The number of rotatable bonds is 3. The first kappa shape index (κ1) is 18.4. The van der Waals surface area contributed by atoms with Gasteiger partial charge in [0.2, 0.25) is 11.4 Å². The van der Waals surface area contributed by atoms with E-state index in [1.165, 1.54) is 0 Å². The number of aromatic nitrogens is 1. The van der Waals surface area contributed by atoms with Gasteiger partial charge in [0.25, 0.3) is 0 Å². The number of nitrogens with zero attached hydrogens (tertiary/aromatic N) is 2. The fourth-order valence-electron chi connectivity index (χ4n) is 3.04. The molecule has 0 spiro atoms. The summed E-state index contributed by atoms with van der Waals surface area (Å²) in [7, 11) is 1.64. The van der Waals surface area contributed by atoms with Crippen molar-refractivity contribution in [2.75, 3.05) is 13.7 Å². The summed E-state index contributed by atoms with van der Waals surface area (Å²) in [4.78, 5) is 19.3. The fraction of sp³-hybridized carbons (Fsp3) is 0.667. The van der Waals surface area contributed by atoms with E-state index < -0.39 is 5.60 Å². The van der Waals surface area contributed by atoms with Crippen molar-refractivity contribution < 1.29 is 23.8 Å². The number of aryl methyl sites for hydroxylation is 2. The molecule has 0 unspecified atom stereocenters. The summed E-state index contributed by atoms with van der Waals surface area (Å²) in [5.74, 6) is 0.793. The highest BCUT2D eigenvalue weighted by atomic mass is 16.6. The van der Waals surface area contributed by atoms with Gasteiger partial charge in [0.1, 0.15) is 24.6 Å². The Morgan fingerprint density at radius 1 is 1.25 bits per heavy atom. The number of pyridine rings is 1. The van der Waals surface area contributed by atoms with Crippen LogP contribution in [-0.4, -0.2) is 42.4 Å². The molecule has 0 bridgehead atoms. The molecule has 0 aliphatic carbocycles. The van der Waals surface area contributed by atoms with E-state index in [1.807, 2.05) is 53.7 Å². The number of amides is 1. The second-order valence-corrected chi connectivity index (χ2v) is 7.41. The first-order valence-corrected chi connectivity index (χ1v) is 8.35. The average molecular weight is 337 g/mol. The fourth-order valence-corrected chi connectivity index (χ4v) is 3.04. The smallest absolute Gasteiger partial charge is 0.410 e. The summed E-state index contributed by atoms with van der Waals surface area (Å²) in [6.45, 7) is 12.1. The third-order valence-corrected chi connectivity index (χ3v) is 3.99. The number of ether oxygens (including phenoxy) is 2. The van der Waals surface area contributed by atoms with Crippen LogP contribution in [0.15, 0.2) is 12.1 Å². The van der Waals surface area contributed by atoms with Crippen molar-refractivity contribution in [1.29, 1.82) is 0 Å². The summed E-state index contributed by atoms with van der Waals surface area (Å²) in [5.41, 5.74) is 1.43. The molecule has 1 aromatic heterocycles. The Bertz CT molecular complexity index is 587. The molecule has 2 atom stereocenters. The second-order valence-electron chi connectivity index (χ2n) is 7.41. The minimum Gasteiger partial charge on any atom is -0.488 e. The monoisotopic (exact) mass is 337 g/mol. The maximum absolute atomic E-state index is 12.3. The maximum atomic E-state index is 12.3. The van der Waals surface area contributed by atoms with Crippen LogP contribution in [0, 0.1) is 13.8 Å². The molecule has 1 aromatic rings. The van der Waals surface area contributed by atoms with Crippen molar-refractivity contribution in [2.24, 2.45) is 0 Å². The number of carbonyl (C=O) groups is 1. The molecule has 1 amide bonds. The van der Waals surface area contributed by atoms with E-state index in [0.717, 1.165) is 23.6 Å². The van der Waals surface area contributed by atoms with Gasteiger partial charge in [-0.3, -0.25) is 4.84 Å². The Balaban J connectivity index is 2.04. The van der Waals surface area contributed by atoms with Crippen LogP contribution in [0.2, 0.25) is 0 Å². The van der Waals surface area contributed by atoms with Gasteiger partial charge in [-0.05, 0) is 27.7 Å². The molecule has 6 heteroatoms. The van der Waals surface area contributed by atoms with Crippen LogP contribution in [0.3, 0.4) is 0 Å². The first-order valence-electron chi connectivity index (χ1n) is 8.35. The van der Waals surface area contributed by atoms with Crippen LogP contribution < -0.4 is 14.3 Å². The van der Waals surface area contributed by atoms with Crippen LogP contribution in [-0.2, 0) is 4.74 Å². The molecule has 1 aliphatic rings. The summed E-state index contributed by atoms with van der Waals surface area (Å²) in [5, 5.41) is 0. The minimum atomic E-state index is -0.489. The highest BCUT2D eigenvalue weighted by molar-refractivity contribution is 5.69. The zero-order chi connectivity index (χ0) is 18.1. The largest absolute Gasteiger partial charge is 0.488 e. The van der Waals surface area contributed by atoms with Gasteiger partial charge in [0, 0.05) is 31.0 Å². The van der Waals surface area contributed by atoms with Crippen molar-refractivity contribution in [3.8, 4) is 5.75 Å². The van der Waals surface area contributed by atoms with E-state index >= 15 is 0 Å². The standard InChI is InChI=1S/C18H29N2O4/c1-12-8-16(11-19(12)17(21)24-18(4,5)6)23-15-9-13(2)20(22-7)14(3)10-15/h9-10,12,16H,8,11H2,1-7H3/q+1/t12-,16+/m0/s1. The van der Waals surface area contributed by atoms with Gasteiger partial charge in [0.15, 0.2) is 0 Å². The van der Waals surface area contributed by atoms with Gasteiger partial charge in [-0.1, -0.05) is 0 Å². The van der Waals surface area contributed by atoms with Gasteiger partial charge in [0.05, 0.1) is 18.7 Å². The van der Waals surface area contributed by atoms with Crippen LogP contribution in [0.5, 0.6) is 5.75 Å². The zero-order valence-electron chi connectivity index (χ0n) is 15.8. The summed E-state index contributed by atoms with van der Waals surface area (Å²) in [6, 6.07) is 3.98. The van der Waals surface area contributed by atoms with Crippen LogP contribution in [0.25, 0.3) is 0 Å². The van der Waals surface area contributed by atoms with E-state index in [2.05, 4.69) is 0 Å². The maximum Gasteiger partial charge on any atom is 0.410 e. The highest BCUT2D eigenvalue weighted by Gasteiger charge is 2.36. The molecule has 2 rings (SSSR count). The van der Waals surface area contributed by atoms with Crippen LogP contribution >= 0.6 is 0 Å². The number of hydrogen-bond acceptors (Lipinski definition) is 4. The predicted molar refractivity (Wildman–Crippen MR) is 90.1 cm³/mol.